The Hall–Kier alpha value is -0.830. The molecule has 0 saturated heterocycles. The normalized spacial score (nSPS) is 13.5. The Morgan fingerprint density at radius 3 is 2.53 bits per heavy atom. The Labute approximate surface area is 92.9 Å². The van der Waals surface area contributed by atoms with E-state index in [1.165, 1.54) is 12.1 Å². The van der Waals surface area contributed by atoms with Gasteiger partial charge in [-0.3, -0.25) is 4.68 Å². The van der Waals surface area contributed by atoms with E-state index in [1.807, 2.05) is 18.8 Å². The summed E-state index contributed by atoms with van der Waals surface area (Å²) in [7, 11) is 4.04. The molecule has 3 nitrogen and oxygen atoms in total. The first kappa shape index (κ1) is 12.2. The molecule has 0 fully saturated rings. The molecule has 0 aliphatic carbocycles. The van der Waals surface area contributed by atoms with Gasteiger partial charge in [0.25, 0.3) is 0 Å². The van der Waals surface area contributed by atoms with Crippen LogP contribution in [0.15, 0.2) is 6.07 Å². The van der Waals surface area contributed by atoms with E-state index in [0.29, 0.717) is 5.92 Å². The van der Waals surface area contributed by atoms with Crippen LogP contribution in [0.4, 0.5) is 0 Å². The van der Waals surface area contributed by atoms with Crippen LogP contribution < -0.4 is 5.32 Å². The molecule has 1 N–H and O–H groups in total. The number of nitrogens with zero attached hydrogens (tertiary/aromatic N) is 2. The zero-order chi connectivity index (χ0) is 11.4. The second kappa shape index (κ2) is 5.31. The summed E-state index contributed by atoms with van der Waals surface area (Å²) >= 11 is 0. The van der Waals surface area contributed by atoms with Crippen LogP contribution in [0.25, 0.3) is 0 Å². The first-order valence-electron chi connectivity index (χ1n) is 5.69. The number of hydrogen-bond acceptors (Lipinski definition) is 2. The maximum atomic E-state index is 4.41. The summed E-state index contributed by atoms with van der Waals surface area (Å²) in [6.45, 7) is 7.62. The fourth-order valence-corrected chi connectivity index (χ4v) is 2.14. The van der Waals surface area contributed by atoms with Crippen molar-refractivity contribution in [2.45, 2.75) is 33.1 Å². The van der Waals surface area contributed by atoms with Gasteiger partial charge in [0.05, 0.1) is 5.69 Å². The molecular formula is C12H23N3. The Morgan fingerprint density at radius 2 is 2.13 bits per heavy atom. The summed E-state index contributed by atoms with van der Waals surface area (Å²) in [6, 6.07) is 2.20. The lowest BCUT2D eigenvalue weighted by Gasteiger charge is -2.18. The molecule has 0 amide bonds. The van der Waals surface area contributed by atoms with Crippen molar-refractivity contribution in [3.05, 3.63) is 17.5 Å². The van der Waals surface area contributed by atoms with Crippen molar-refractivity contribution in [2.24, 2.45) is 13.0 Å². The fraction of sp³-hybridized carbons (Fsp3) is 0.750. The Balaban J connectivity index is 2.83. The molecule has 0 bridgehead atoms. The molecule has 3 heteroatoms. The van der Waals surface area contributed by atoms with Crippen molar-refractivity contribution in [3.8, 4) is 0 Å². The Morgan fingerprint density at radius 1 is 1.47 bits per heavy atom. The van der Waals surface area contributed by atoms with Crippen molar-refractivity contribution in [1.29, 1.82) is 0 Å². The van der Waals surface area contributed by atoms with Gasteiger partial charge in [-0.2, -0.15) is 5.10 Å². The summed E-state index contributed by atoms with van der Waals surface area (Å²) in [5.74, 6) is 1.29. The van der Waals surface area contributed by atoms with Gasteiger partial charge in [0.15, 0.2) is 0 Å². The van der Waals surface area contributed by atoms with E-state index in [1.54, 1.807) is 0 Å². The third kappa shape index (κ3) is 3.34. The highest BCUT2D eigenvalue weighted by Gasteiger charge is 2.16. The molecule has 15 heavy (non-hydrogen) atoms. The molecular weight excluding hydrogens is 186 g/mol. The maximum Gasteiger partial charge on any atom is 0.0596 e. The molecule has 0 radical (unpaired) electrons. The van der Waals surface area contributed by atoms with Gasteiger partial charge in [0.1, 0.15) is 0 Å². The van der Waals surface area contributed by atoms with Gasteiger partial charge in [-0.1, -0.05) is 13.8 Å². The first-order chi connectivity index (χ1) is 7.04. The van der Waals surface area contributed by atoms with Crippen molar-refractivity contribution in [2.75, 3.05) is 13.6 Å². The minimum Gasteiger partial charge on any atom is -0.319 e. The van der Waals surface area contributed by atoms with Crippen molar-refractivity contribution in [3.63, 3.8) is 0 Å². The van der Waals surface area contributed by atoms with Crippen molar-refractivity contribution < 1.29 is 0 Å². The topological polar surface area (TPSA) is 29.9 Å². The minimum absolute atomic E-state index is 0.571. The van der Waals surface area contributed by atoms with E-state index in [9.17, 15) is 0 Å². The lowest BCUT2D eigenvalue weighted by atomic mass is 9.94. The average Bonchev–Trinajstić information content (AvgIpc) is 2.44. The fourth-order valence-electron chi connectivity index (χ4n) is 2.14. The van der Waals surface area contributed by atoms with Gasteiger partial charge >= 0.3 is 0 Å². The van der Waals surface area contributed by atoms with Gasteiger partial charge in [-0.05, 0) is 32.4 Å². The van der Waals surface area contributed by atoms with E-state index < -0.39 is 0 Å². The van der Waals surface area contributed by atoms with Gasteiger partial charge < -0.3 is 5.32 Å². The molecule has 1 aromatic rings. The predicted octanol–water partition coefficient (Wildman–Crippen LogP) is 2.08. The summed E-state index contributed by atoms with van der Waals surface area (Å²) in [4.78, 5) is 0. The third-order valence-electron chi connectivity index (χ3n) is 2.66. The first-order valence-corrected chi connectivity index (χ1v) is 5.69. The molecule has 86 valence electrons. The van der Waals surface area contributed by atoms with E-state index >= 15 is 0 Å². The summed E-state index contributed by atoms with van der Waals surface area (Å²) in [5.41, 5.74) is 2.45. The standard InChI is InChI=1S/C12H23N3/c1-9(2)6-11(8-13-4)12-7-10(3)14-15(12)5/h7,9,11,13H,6,8H2,1-5H3. The van der Waals surface area contributed by atoms with Crippen LogP contribution in [0.2, 0.25) is 0 Å². The molecule has 1 aromatic heterocycles. The number of hydrogen-bond donors (Lipinski definition) is 1. The monoisotopic (exact) mass is 209 g/mol. The van der Waals surface area contributed by atoms with Crippen LogP contribution >= 0.6 is 0 Å². The quantitative estimate of drug-likeness (QED) is 0.804. The second-order valence-electron chi connectivity index (χ2n) is 4.72. The van der Waals surface area contributed by atoms with E-state index in [-0.39, 0.29) is 0 Å². The van der Waals surface area contributed by atoms with Crippen LogP contribution in [0.3, 0.4) is 0 Å². The van der Waals surface area contributed by atoms with Crippen LogP contribution in [0.5, 0.6) is 0 Å². The lowest BCUT2D eigenvalue weighted by Crippen LogP contribution is -2.20. The largest absolute Gasteiger partial charge is 0.319 e. The van der Waals surface area contributed by atoms with Crippen LogP contribution in [-0.2, 0) is 7.05 Å². The van der Waals surface area contributed by atoms with Gasteiger partial charge in [0, 0.05) is 25.2 Å². The van der Waals surface area contributed by atoms with E-state index in [2.05, 4.69) is 37.3 Å². The van der Waals surface area contributed by atoms with Crippen molar-refractivity contribution >= 4 is 0 Å². The Kier molecular flexibility index (Phi) is 4.33. The van der Waals surface area contributed by atoms with Crippen LogP contribution in [0, 0.1) is 12.8 Å². The molecule has 0 spiro atoms. The summed E-state index contributed by atoms with van der Waals surface area (Å²) in [5, 5.41) is 7.68. The summed E-state index contributed by atoms with van der Waals surface area (Å²) in [6.07, 6.45) is 1.21. The summed E-state index contributed by atoms with van der Waals surface area (Å²) < 4.78 is 2.01. The molecule has 1 unspecified atom stereocenters. The number of nitrogens with one attached hydrogen (secondary N) is 1. The van der Waals surface area contributed by atoms with E-state index in [4.69, 9.17) is 0 Å². The highest BCUT2D eigenvalue weighted by Crippen LogP contribution is 2.23. The zero-order valence-electron chi connectivity index (χ0n) is 10.5. The average molecular weight is 209 g/mol. The van der Waals surface area contributed by atoms with Gasteiger partial charge in [-0.15, -0.1) is 0 Å². The minimum atomic E-state index is 0.571. The predicted molar refractivity (Wildman–Crippen MR) is 64.1 cm³/mol. The van der Waals surface area contributed by atoms with Crippen LogP contribution in [-0.4, -0.2) is 23.4 Å². The third-order valence-corrected chi connectivity index (χ3v) is 2.66. The smallest absolute Gasteiger partial charge is 0.0596 e. The molecule has 1 heterocycles. The number of rotatable bonds is 5. The SMILES string of the molecule is CNCC(CC(C)C)c1cc(C)nn1C. The molecule has 0 saturated carbocycles. The molecule has 0 aromatic carbocycles. The van der Waals surface area contributed by atoms with Gasteiger partial charge in [-0.25, -0.2) is 0 Å². The van der Waals surface area contributed by atoms with Crippen molar-refractivity contribution in [1.82, 2.24) is 15.1 Å². The molecule has 1 atom stereocenters. The lowest BCUT2D eigenvalue weighted by molar-refractivity contribution is 0.461. The highest BCUT2D eigenvalue weighted by atomic mass is 15.3. The van der Waals surface area contributed by atoms with Gasteiger partial charge in [0.2, 0.25) is 0 Å². The molecule has 0 aliphatic rings. The van der Waals surface area contributed by atoms with Crippen LogP contribution in [0.1, 0.15) is 37.6 Å². The molecule has 0 aliphatic heterocycles. The molecule has 1 rings (SSSR count). The van der Waals surface area contributed by atoms with E-state index in [0.717, 1.165) is 18.2 Å². The maximum absolute atomic E-state index is 4.41. The second-order valence-corrected chi connectivity index (χ2v) is 4.72. The number of aromatic nitrogens is 2. The number of likely N-dealkylation sites (N-methyl/N-ethyl adjacent to an activating group) is 1. The zero-order valence-corrected chi connectivity index (χ0v) is 10.5. The Bertz CT molecular complexity index is 302. The number of aryl methyl sites for hydroxylation is 2. The highest BCUT2D eigenvalue weighted by molar-refractivity contribution is 5.14.